The third kappa shape index (κ3) is 3.00. The van der Waals surface area contributed by atoms with Crippen molar-refractivity contribution in [3.05, 3.63) is 40.9 Å². The number of amides is 1. The third-order valence-corrected chi connectivity index (χ3v) is 2.79. The summed E-state index contributed by atoms with van der Waals surface area (Å²) in [5.74, 6) is -0.602. The van der Waals surface area contributed by atoms with Crippen LogP contribution >= 0.6 is 0 Å². The fourth-order valence-electron chi connectivity index (χ4n) is 1.73. The molecule has 0 fully saturated rings. The van der Waals surface area contributed by atoms with E-state index in [4.69, 9.17) is 9.63 Å². The molecule has 0 atom stereocenters. The number of hydrogen-bond acceptors (Lipinski definition) is 5. The van der Waals surface area contributed by atoms with Gasteiger partial charge in [0.1, 0.15) is 11.6 Å². The van der Waals surface area contributed by atoms with Gasteiger partial charge in [-0.05, 0) is 26.0 Å². The molecule has 2 N–H and O–H groups in total. The summed E-state index contributed by atoms with van der Waals surface area (Å²) in [7, 11) is 0. The second-order valence-electron chi connectivity index (χ2n) is 4.26. The maximum Gasteiger partial charge on any atom is 0.335 e. The number of hydrogen-bond donors (Lipinski definition) is 2. The quantitative estimate of drug-likeness (QED) is 0.877. The van der Waals surface area contributed by atoms with Crippen molar-refractivity contribution < 1.29 is 19.2 Å². The van der Waals surface area contributed by atoms with Gasteiger partial charge in [0.05, 0.1) is 17.7 Å². The largest absolute Gasteiger partial charge is 0.478 e. The molecule has 0 saturated heterocycles. The molecule has 1 amide bonds. The van der Waals surface area contributed by atoms with Crippen LogP contribution in [0.2, 0.25) is 0 Å². The second-order valence-corrected chi connectivity index (χ2v) is 4.26. The van der Waals surface area contributed by atoms with E-state index in [9.17, 15) is 9.59 Å². The Hall–Kier alpha value is -2.70. The molecule has 0 bridgehead atoms. The smallest absolute Gasteiger partial charge is 0.335 e. The van der Waals surface area contributed by atoms with Crippen molar-refractivity contribution >= 4 is 17.7 Å². The highest BCUT2D eigenvalue weighted by Crippen LogP contribution is 2.14. The van der Waals surface area contributed by atoms with E-state index >= 15 is 0 Å². The number of carboxylic acid groups (broad SMARTS) is 1. The number of carboxylic acids is 1. The predicted octanol–water partition coefficient (Wildman–Crippen LogP) is 1.57. The van der Waals surface area contributed by atoms with E-state index in [1.165, 1.54) is 18.3 Å². The second kappa shape index (κ2) is 5.52. The Labute approximate surface area is 114 Å². The zero-order valence-corrected chi connectivity index (χ0v) is 11.0. The summed E-state index contributed by atoms with van der Waals surface area (Å²) in [5.41, 5.74) is 1.44. The van der Waals surface area contributed by atoms with Crippen molar-refractivity contribution in [2.45, 2.75) is 20.3 Å². The molecule has 0 unspecified atom stereocenters. The van der Waals surface area contributed by atoms with E-state index in [2.05, 4.69) is 15.5 Å². The molecule has 7 nitrogen and oxygen atoms in total. The van der Waals surface area contributed by atoms with Gasteiger partial charge in [-0.3, -0.25) is 4.79 Å². The average Bonchev–Trinajstić information content (AvgIpc) is 2.71. The van der Waals surface area contributed by atoms with E-state index in [-0.39, 0.29) is 23.7 Å². The Morgan fingerprint density at radius 2 is 2.15 bits per heavy atom. The number of pyridine rings is 1. The summed E-state index contributed by atoms with van der Waals surface area (Å²) in [5, 5.41) is 15.2. The predicted molar refractivity (Wildman–Crippen MR) is 69.5 cm³/mol. The fourth-order valence-corrected chi connectivity index (χ4v) is 1.73. The van der Waals surface area contributed by atoms with Crippen molar-refractivity contribution in [1.29, 1.82) is 0 Å². The zero-order chi connectivity index (χ0) is 14.7. The first-order chi connectivity index (χ1) is 9.47. The van der Waals surface area contributed by atoms with E-state index in [1.807, 2.05) is 0 Å². The maximum atomic E-state index is 11.9. The van der Waals surface area contributed by atoms with Gasteiger partial charge >= 0.3 is 5.97 Å². The molecule has 0 aliphatic carbocycles. The molecule has 2 aromatic heterocycles. The van der Waals surface area contributed by atoms with Gasteiger partial charge in [-0.15, -0.1) is 0 Å². The summed E-state index contributed by atoms with van der Waals surface area (Å²) in [4.78, 5) is 26.6. The normalized spacial score (nSPS) is 10.3. The molecule has 2 rings (SSSR count). The van der Waals surface area contributed by atoms with E-state index in [0.29, 0.717) is 11.5 Å². The number of carbonyl (C=O) groups is 2. The molecule has 0 aromatic carbocycles. The number of aryl methyl sites for hydroxylation is 2. The molecule has 0 aliphatic rings. The minimum absolute atomic E-state index is 0.0626. The Bertz CT molecular complexity index is 644. The van der Waals surface area contributed by atoms with E-state index in [0.717, 1.165) is 5.56 Å². The monoisotopic (exact) mass is 275 g/mol. The summed E-state index contributed by atoms with van der Waals surface area (Å²) in [6, 6.07) is 2.65. The van der Waals surface area contributed by atoms with Gasteiger partial charge in [0, 0.05) is 11.8 Å². The molecule has 0 aliphatic heterocycles. The van der Waals surface area contributed by atoms with Crippen molar-refractivity contribution in [2.75, 3.05) is 5.32 Å². The summed E-state index contributed by atoms with van der Waals surface area (Å²) in [6.45, 7) is 3.48. The van der Waals surface area contributed by atoms with Crippen LogP contribution in [0.4, 0.5) is 5.82 Å². The molecule has 0 saturated carbocycles. The van der Waals surface area contributed by atoms with Crippen LogP contribution in [0.1, 0.15) is 27.4 Å². The summed E-state index contributed by atoms with van der Waals surface area (Å²) in [6.07, 6.45) is 1.43. The first kappa shape index (κ1) is 13.7. The number of aromatic nitrogens is 2. The topological polar surface area (TPSA) is 105 Å². The number of anilines is 1. The number of rotatable bonds is 4. The summed E-state index contributed by atoms with van der Waals surface area (Å²) < 4.78 is 4.97. The minimum Gasteiger partial charge on any atom is -0.478 e. The van der Waals surface area contributed by atoms with E-state index in [1.54, 1.807) is 13.8 Å². The Morgan fingerprint density at radius 1 is 1.40 bits per heavy atom. The Kier molecular flexibility index (Phi) is 3.79. The van der Waals surface area contributed by atoms with Crippen molar-refractivity contribution in [2.24, 2.45) is 0 Å². The lowest BCUT2D eigenvalue weighted by Gasteiger charge is -2.04. The van der Waals surface area contributed by atoms with Gasteiger partial charge < -0.3 is 14.9 Å². The van der Waals surface area contributed by atoms with Gasteiger partial charge in [-0.25, -0.2) is 9.78 Å². The van der Waals surface area contributed by atoms with Crippen LogP contribution < -0.4 is 5.32 Å². The molecule has 2 heterocycles. The van der Waals surface area contributed by atoms with Crippen LogP contribution in [0.5, 0.6) is 0 Å². The molecule has 7 heteroatoms. The van der Waals surface area contributed by atoms with Gasteiger partial charge in [-0.1, -0.05) is 5.16 Å². The van der Waals surface area contributed by atoms with Crippen LogP contribution in [0.15, 0.2) is 22.9 Å². The maximum absolute atomic E-state index is 11.9. The Balaban J connectivity index is 2.09. The highest BCUT2D eigenvalue weighted by molar-refractivity contribution is 5.93. The van der Waals surface area contributed by atoms with E-state index < -0.39 is 5.97 Å². The molecule has 0 radical (unpaired) electrons. The molecule has 0 spiro atoms. The minimum atomic E-state index is -1.08. The molecule has 20 heavy (non-hydrogen) atoms. The van der Waals surface area contributed by atoms with Crippen molar-refractivity contribution in [1.82, 2.24) is 10.1 Å². The number of nitrogens with zero attached hydrogens (tertiary/aromatic N) is 2. The van der Waals surface area contributed by atoms with Gasteiger partial charge in [0.25, 0.3) is 0 Å². The van der Waals surface area contributed by atoms with Crippen LogP contribution in [0.25, 0.3) is 0 Å². The molecular weight excluding hydrogens is 262 g/mol. The van der Waals surface area contributed by atoms with Crippen LogP contribution in [0.3, 0.4) is 0 Å². The lowest BCUT2D eigenvalue weighted by atomic mass is 10.1. The number of carbonyl (C=O) groups excluding carboxylic acids is 1. The van der Waals surface area contributed by atoms with Gasteiger partial charge in [0.15, 0.2) is 0 Å². The van der Waals surface area contributed by atoms with Crippen LogP contribution in [-0.2, 0) is 11.2 Å². The summed E-state index contributed by atoms with van der Waals surface area (Å²) >= 11 is 0. The third-order valence-electron chi connectivity index (χ3n) is 2.79. The van der Waals surface area contributed by atoms with Crippen LogP contribution in [0, 0.1) is 13.8 Å². The first-order valence-corrected chi connectivity index (χ1v) is 5.88. The lowest BCUT2D eigenvalue weighted by molar-refractivity contribution is -0.115. The molecule has 2 aromatic rings. The molecular formula is C13H13N3O4. The number of aromatic carboxylic acids is 1. The highest BCUT2D eigenvalue weighted by Gasteiger charge is 2.14. The molecule has 104 valence electrons. The highest BCUT2D eigenvalue weighted by atomic mass is 16.5. The zero-order valence-electron chi connectivity index (χ0n) is 11.0. The van der Waals surface area contributed by atoms with Crippen molar-refractivity contribution in [3.8, 4) is 0 Å². The van der Waals surface area contributed by atoms with Gasteiger partial charge in [-0.2, -0.15) is 0 Å². The fraction of sp³-hybridized carbons (Fsp3) is 0.231. The SMILES string of the molecule is Cc1noc(C)c1CC(=O)Nc1cc(C(=O)O)ccn1. The lowest BCUT2D eigenvalue weighted by Crippen LogP contribution is -2.16. The standard InChI is InChI=1S/C13H13N3O4/c1-7-10(8(2)20-16-7)6-12(17)15-11-5-9(13(18)19)3-4-14-11/h3-5H,6H2,1-2H3,(H,18,19)(H,14,15,17). The van der Waals surface area contributed by atoms with Gasteiger partial charge in [0.2, 0.25) is 5.91 Å². The first-order valence-electron chi connectivity index (χ1n) is 5.88. The van der Waals surface area contributed by atoms with Crippen LogP contribution in [-0.4, -0.2) is 27.1 Å². The Morgan fingerprint density at radius 3 is 2.75 bits per heavy atom. The number of nitrogens with one attached hydrogen (secondary N) is 1. The average molecular weight is 275 g/mol. The van der Waals surface area contributed by atoms with Crippen molar-refractivity contribution in [3.63, 3.8) is 0 Å².